The van der Waals surface area contributed by atoms with Gasteiger partial charge in [0.1, 0.15) is 5.75 Å². The summed E-state index contributed by atoms with van der Waals surface area (Å²) in [6.07, 6.45) is 11.2. The second kappa shape index (κ2) is 11.1. The number of rotatable bonds is 6. The second-order valence-electron chi connectivity index (χ2n) is 5.52. The third-order valence-electron chi connectivity index (χ3n) is 3.45. The van der Waals surface area contributed by atoms with Gasteiger partial charge in [0.25, 0.3) is 5.88 Å². The molecule has 0 saturated heterocycles. The number of nitrogens with zero attached hydrogens (tertiary/aromatic N) is 4. The number of aromatic carboxylic acids is 1. The van der Waals surface area contributed by atoms with E-state index >= 15 is 0 Å². The van der Waals surface area contributed by atoms with Gasteiger partial charge >= 0.3 is 5.97 Å². The summed E-state index contributed by atoms with van der Waals surface area (Å²) in [5, 5.41) is 8.89. The Bertz CT molecular complexity index is 955. The van der Waals surface area contributed by atoms with Crippen LogP contribution in [0.3, 0.4) is 0 Å². The van der Waals surface area contributed by atoms with Crippen molar-refractivity contribution in [2.24, 2.45) is 0 Å². The van der Waals surface area contributed by atoms with E-state index in [-0.39, 0.29) is 5.56 Å². The molecule has 0 aliphatic heterocycles. The standard InChI is InChI=1S/C17H14N4O4.C4H8/c1-2-24-14-4-3-5-19-16(14)25-13-6-11(7-18-10-13)15-20-8-12(9-21-15)17(22)23;1-3-4-2/h3-10H,2H2,1H3,(H,22,23);3-4H,1-2H3/b;4-3-. The molecule has 3 heterocycles. The molecule has 0 unspecified atom stereocenters. The van der Waals surface area contributed by atoms with Gasteiger partial charge in [0.15, 0.2) is 11.6 Å². The summed E-state index contributed by atoms with van der Waals surface area (Å²) >= 11 is 0. The van der Waals surface area contributed by atoms with E-state index in [2.05, 4.69) is 19.9 Å². The van der Waals surface area contributed by atoms with Crippen molar-refractivity contribution in [1.82, 2.24) is 19.9 Å². The first kappa shape index (κ1) is 21.5. The van der Waals surface area contributed by atoms with Crippen molar-refractivity contribution in [3.8, 4) is 28.8 Å². The van der Waals surface area contributed by atoms with Crippen LogP contribution in [0.15, 0.2) is 61.3 Å². The fourth-order valence-electron chi connectivity index (χ4n) is 2.01. The zero-order valence-corrected chi connectivity index (χ0v) is 16.4. The Hall–Kier alpha value is -3.81. The van der Waals surface area contributed by atoms with Crippen molar-refractivity contribution >= 4 is 5.97 Å². The number of aromatic nitrogens is 4. The number of hydrogen-bond donors (Lipinski definition) is 1. The maximum atomic E-state index is 10.9. The van der Waals surface area contributed by atoms with Crippen molar-refractivity contribution in [3.63, 3.8) is 0 Å². The minimum atomic E-state index is -1.08. The molecule has 1 N–H and O–H groups in total. The molecule has 3 rings (SSSR count). The molecule has 150 valence electrons. The lowest BCUT2D eigenvalue weighted by atomic mass is 10.2. The van der Waals surface area contributed by atoms with E-state index in [0.717, 1.165) is 0 Å². The highest BCUT2D eigenvalue weighted by Gasteiger charge is 2.10. The molecule has 0 spiro atoms. The summed E-state index contributed by atoms with van der Waals surface area (Å²) in [6.45, 7) is 6.36. The van der Waals surface area contributed by atoms with E-state index in [1.807, 2.05) is 32.9 Å². The summed E-state index contributed by atoms with van der Waals surface area (Å²) in [7, 11) is 0. The number of ether oxygens (including phenoxy) is 2. The van der Waals surface area contributed by atoms with Gasteiger partial charge in [-0.15, -0.1) is 0 Å². The number of allylic oxidation sites excluding steroid dienone is 2. The molecular weight excluding hydrogens is 372 g/mol. The van der Waals surface area contributed by atoms with Gasteiger partial charge in [-0.3, -0.25) is 4.98 Å². The molecule has 0 fully saturated rings. The van der Waals surface area contributed by atoms with E-state index < -0.39 is 5.97 Å². The first-order chi connectivity index (χ1) is 14.1. The summed E-state index contributed by atoms with van der Waals surface area (Å²) in [5.74, 6) is 0.542. The first-order valence-electron chi connectivity index (χ1n) is 8.92. The highest BCUT2D eigenvalue weighted by atomic mass is 16.5. The topological polar surface area (TPSA) is 107 Å². The van der Waals surface area contributed by atoms with Crippen molar-refractivity contribution in [2.45, 2.75) is 20.8 Å². The lowest BCUT2D eigenvalue weighted by Gasteiger charge is -2.10. The quantitative estimate of drug-likeness (QED) is 0.613. The molecule has 0 aromatic carbocycles. The average Bonchev–Trinajstić information content (AvgIpc) is 2.76. The fraction of sp³-hybridized carbons (Fsp3) is 0.190. The highest BCUT2D eigenvalue weighted by Crippen LogP contribution is 2.29. The van der Waals surface area contributed by atoms with Gasteiger partial charge in [0.2, 0.25) is 0 Å². The molecule has 0 atom stereocenters. The van der Waals surface area contributed by atoms with Crippen LogP contribution in [0.5, 0.6) is 17.4 Å². The molecule has 8 nitrogen and oxygen atoms in total. The van der Waals surface area contributed by atoms with E-state index in [0.29, 0.717) is 35.4 Å². The monoisotopic (exact) mass is 394 g/mol. The Morgan fingerprint density at radius 3 is 2.45 bits per heavy atom. The van der Waals surface area contributed by atoms with Gasteiger partial charge in [-0.25, -0.2) is 19.7 Å². The predicted molar refractivity (Wildman–Crippen MR) is 108 cm³/mol. The molecule has 0 aliphatic rings. The summed E-state index contributed by atoms with van der Waals surface area (Å²) in [6, 6.07) is 5.20. The lowest BCUT2D eigenvalue weighted by Crippen LogP contribution is -2.00. The number of hydrogen-bond acceptors (Lipinski definition) is 7. The van der Waals surface area contributed by atoms with Crippen LogP contribution in [0.25, 0.3) is 11.4 Å². The molecule has 8 heteroatoms. The van der Waals surface area contributed by atoms with Crippen molar-refractivity contribution in [1.29, 1.82) is 0 Å². The molecule has 0 saturated carbocycles. The zero-order valence-electron chi connectivity index (χ0n) is 16.4. The highest BCUT2D eigenvalue weighted by molar-refractivity contribution is 5.86. The SMILES string of the molecule is C/C=C\C.CCOc1cccnc1Oc1cncc(-c2ncc(C(=O)O)cn2)c1. The first-order valence-corrected chi connectivity index (χ1v) is 8.92. The zero-order chi connectivity index (χ0) is 21.1. The van der Waals surface area contributed by atoms with Crippen molar-refractivity contribution < 1.29 is 19.4 Å². The third-order valence-corrected chi connectivity index (χ3v) is 3.45. The van der Waals surface area contributed by atoms with Crippen LogP contribution in [0.4, 0.5) is 0 Å². The molecule has 0 amide bonds. The van der Waals surface area contributed by atoms with Crippen LogP contribution in [0.1, 0.15) is 31.1 Å². The molecule has 3 aromatic rings. The largest absolute Gasteiger partial charge is 0.488 e. The smallest absolute Gasteiger partial charge is 0.338 e. The Morgan fingerprint density at radius 1 is 1.10 bits per heavy atom. The molecule has 0 aliphatic carbocycles. The molecular formula is C21H22N4O4. The van der Waals surface area contributed by atoms with Gasteiger partial charge in [-0.2, -0.15) is 0 Å². The summed E-state index contributed by atoms with van der Waals surface area (Å²) in [4.78, 5) is 27.2. The molecule has 0 bridgehead atoms. The van der Waals surface area contributed by atoms with Gasteiger partial charge in [-0.05, 0) is 39.0 Å². The summed E-state index contributed by atoms with van der Waals surface area (Å²) < 4.78 is 11.2. The van der Waals surface area contributed by atoms with E-state index in [1.165, 1.54) is 18.6 Å². The maximum absolute atomic E-state index is 10.9. The van der Waals surface area contributed by atoms with Crippen LogP contribution < -0.4 is 9.47 Å². The minimum absolute atomic E-state index is 0.0129. The van der Waals surface area contributed by atoms with Gasteiger partial charge in [0.05, 0.1) is 18.4 Å². The van der Waals surface area contributed by atoms with Crippen LogP contribution in [-0.4, -0.2) is 37.6 Å². The Labute approximate surface area is 168 Å². The molecule has 0 radical (unpaired) electrons. The Kier molecular flexibility index (Phi) is 8.25. The van der Waals surface area contributed by atoms with Crippen LogP contribution >= 0.6 is 0 Å². The van der Waals surface area contributed by atoms with Crippen LogP contribution in [-0.2, 0) is 0 Å². The van der Waals surface area contributed by atoms with Gasteiger partial charge < -0.3 is 14.6 Å². The number of carboxylic acid groups (broad SMARTS) is 1. The average molecular weight is 394 g/mol. The van der Waals surface area contributed by atoms with Crippen molar-refractivity contribution in [2.75, 3.05) is 6.61 Å². The van der Waals surface area contributed by atoms with E-state index in [1.54, 1.807) is 30.6 Å². The minimum Gasteiger partial charge on any atom is -0.488 e. The fourth-order valence-corrected chi connectivity index (χ4v) is 2.01. The lowest BCUT2D eigenvalue weighted by molar-refractivity contribution is 0.0696. The molecule has 3 aromatic heterocycles. The Balaban J connectivity index is 0.000000687. The maximum Gasteiger partial charge on any atom is 0.338 e. The van der Waals surface area contributed by atoms with E-state index in [9.17, 15) is 4.79 Å². The third kappa shape index (κ3) is 6.39. The number of carboxylic acids is 1. The van der Waals surface area contributed by atoms with Crippen LogP contribution in [0, 0.1) is 0 Å². The summed E-state index contributed by atoms with van der Waals surface area (Å²) in [5.41, 5.74) is 0.599. The van der Waals surface area contributed by atoms with Crippen molar-refractivity contribution in [3.05, 3.63) is 66.9 Å². The van der Waals surface area contributed by atoms with E-state index in [4.69, 9.17) is 14.6 Å². The number of carbonyl (C=O) groups is 1. The number of pyridine rings is 2. The normalized spacial score (nSPS) is 10.2. The molecule has 29 heavy (non-hydrogen) atoms. The van der Waals surface area contributed by atoms with Gasteiger partial charge in [0, 0.05) is 30.4 Å². The van der Waals surface area contributed by atoms with Crippen LogP contribution in [0.2, 0.25) is 0 Å². The Morgan fingerprint density at radius 2 is 1.83 bits per heavy atom. The second-order valence-corrected chi connectivity index (χ2v) is 5.52. The van der Waals surface area contributed by atoms with Gasteiger partial charge in [-0.1, -0.05) is 12.2 Å². The predicted octanol–water partition coefficient (Wildman–Crippen LogP) is 4.41.